The van der Waals surface area contributed by atoms with Gasteiger partial charge in [-0.25, -0.2) is 0 Å². The molecule has 5 heteroatoms. The molecule has 1 rings (SSSR count). The number of amides is 1. The van der Waals surface area contributed by atoms with Crippen LogP contribution in [0.2, 0.25) is 0 Å². The van der Waals surface area contributed by atoms with Crippen LogP contribution < -0.4 is 5.32 Å². The maximum absolute atomic E-state index is 12.2. The van der Waals surface area contributed by atoms with Crippen LogP contribution in [-0.2, 0) is 14.3 Å². The second kappa shape index (κ2) is 6.20. The van der Waals surface area contributed by atoms with E-state index in [1.807, 2.05) is 34.6 Å². The van der Waals surface area contributed by atoms with Crippen LogP contribution in [-0.4, -0.2) is 42.2 Å². The summed E-state index contributed by atoms with van der Waals surface area (Å²) in [6, 6.07) is 0. The zero-order valence-corrected chi connectivity index (χ0v) is 12.7. The minimum atomic E-state index is -0.736. The third-order valence-corrected chi connectivity index (χ3v) is 3.39. The van der Waals surface area contributed by atoms with Crippen molar-refractivity contribution < 1.29 is 19.4 Å². The van der Waals surface area contributed by atoms with Gasteiger partial charge in [-0.2, -0.15) is 0 Å². The van der Waals surface area contributed by atoms with Gasteiger partial charge in [-0.15, -0.1) is 0 Å². The smallest absolute Gasteiger partial charge is 0.249 e. The highest BCUT2D eigenvalue weighted by Gasteiger charge is 2.45. The number of ether oxygens (including phenoxy) is 2. The summed E-state index contributed by atoms with van der Waals surface area (Å²) < 4.78 is 11.3. The van der Waals surface area contributed by atoms with Gasteiger partial charge in [0.1, 0.15) is 6.10 Å². The minimum Gasteiger partial charge on any atom is -0.393 e. The van der Waals surface area contributed by atoms with Crippen LogP contribution >= 0.6 is 0 Å². The standard InChI is InChI=1S/C14H27NO4/c1-6-10(16)7-8-15-12(17)11-13(2,3)9-18-14(4,5)19-11/h10-11,16H,6-9H2,1-5H3,(H,15,17). The third-order valence-electron chi connectivity index (χ3n) is 3.39. The Morgan fingerprint density at radius 2 is 2.05 bits per heavy atom. The van der Waals surface area contributed by atoms with Crippen LogP contribution in [0.1, 0.15) is 47.5 Å². The van der Waals surface area contributed by atoms with E-state index in [9.17, 15) is 9.90 Å². The quantitative estimate of drug-likeness (QED) is 0.795. The van der Waals surface area contributed by atoms with Crippen molar-refractivity contribution in [2.24, 2.45) is 5.41 Å². The summed E-state index contributed by atoms with van der Waals surface area (Å²) in [7, 11) is 0. The molecule has 2 N–H and O–H groups in total. The highest BCUT2D eigenvalue weighted by Crippen LogP contribution is 2.34. The van der Waals surface area contributed by atoms with E-state index in [1.54, 1.807) is 0 Å². The fourth-order valence-electron chi connectivity index (χ4n) is 1.98. The van der Waals surface area contributed by atoms with Crippen molar-refractivity contribution in [1.29, 1.82) is 0 Å². The lowest BCUT2D eigenvalue weighted by atomic mass is 9.85. The molecule has 2 atom stereocenters. The number of nitrogens with one attached hydrogen (secondary N) is 1. The Morgan fingerprint density at radius 3 is 2.63 bits per heavy atom. The van der Waals surface area contributed by atoms with Crippen molar-refractivity contribution in [3.8, 4) is 0 Å². The highest BCUT2D eigenvalue weighted by atomic mass is 16.7. The summed E-state index contributed by atoms with van der Waals surface area (Å²) in [5.41, 5.74) is -0.358. The maximum Gasteiger partial charge on any atom is 0.249 e. The first-order valence-corrected chi connectivity index (χ1v) is 6.95. The molecule has 1 heterocycles. The van der Waals surface area contributed by atoms with Gasteiger partial charge in [0.15, 0.2) is 5.79 Å². The first kappa shape index (κ1) is 16.4. The average Bonchev–Trinajstić information content (AvgIpc) is 2.32. The van der Waals surface area contributed by atoms with Gasteiger partial charge in [-0.3, -0.25) is 4.79 Å². The highest BCUT2D eigenvalue weighted by molar-refractivity contribution is 5.81. The lowest BCUT2D eigenvalue weighted by molar-refractivity contribution is -0.304. The summed E-state index contributed by atoms with van der Waals surface area (Å²) in [6.45, 7) is 10.4. The Labute approximate surface area is 115 Å². The zero-order valence-electron chi connectivity index (χ0n) is 12.7. The first-order valence-electron chi connectivity index (χ1n) is 6.95. The molecule has 0 aromatic heterocycles. The molecule has 0 saturated carbocycles. The van der Waals surface area contributed by atoms with Gasteiger partial charge in [0.05, 0.1) is 12.7 Å². The number of aliphatic hydroxyl groups excluding tert-OH is 1. The fourth-order valence-corrected chi connectivity index (χ4v) is 1.98. The molecule has 0 radical (unpaired) electrons. The van der Waals surface area contributed by atoms with E-state index in [-0.39, 0.29) is 17.4 Å². The first-order chi connectivity index (χ1) is 8.68. The van der Waals surface area contributed by atoms with E-state index >= 15 is 0 Å². The van der Waals surface area contributed by atoms with Crippen molar-refractivity contribution in [3.05, 3.63) is 0 Å². The molecule has 19 heavy (non-hydrogen) atoms. The van der Waals surface area contributed by atoms with Crippen LogP contribution in [0.25, 0.3) is 0 Å². The van der Waals surface area contributed by atoms with E-state index in [2.05, 4.69) is 5.32 Å². The molecule has 0 aliphatic carbocycles. The molecule has 0 aromatic carbocycles. The molecule has 112 valence electrons. The van der Waals surface area contributed by atoms with E-state index in [0.29, 0.717) is 26.0 Å². The average molecular weight is 273 g/mol. The second-order valence-corrected chi connectivity index (χ2v) is 6.32. The Kier molecular flexibility index (Phi) is 5.35. The molecule has 0 bridgehead atoms. The van der Waals surface area contributed by atoms with Gasteiger partial charge < -0.3 is 19.9 Å². The number of rotatable bonds is 5. The summed E-state index contributed by atoms with van der Waals surface area (Å²) >= 11 is 0. The van der Waals surface area contributed by atoms with Gasteiger partial charge >= 0.3 is 0 Å². The molecule has 2 unspecified atom stereocenters. The normalized spacial score (nSPS) is 26.7. The van der Waals surface area contributed by atoms with Crippen LogP contribution in [0.15, 0.2) is 0 Å². The van der Waals surface area contributed by atoms with Crippen LogP contribution in [0.3, 0.4) is 0 Å². The SMILES string of the molecule is CCC(O)CCNC(=O)C1OC(C)(C)OCC1(C)C. The molecule has 1 amide bonds. The number of hydrogen-bond donors (Lipinski definition) is 2. The van der Waals surface area contributed by atoms with Crippen molar-refractivity contribution in [2.45, 2.75) is 65.5 Å². The fraction of sp³-hybridized carbons (Fsp3) is 0.929. The summed E-state index contributed by atoms with van der Waals surface area (Å²) in [4.78, 5) is 12.2. The second-order valence-electron chi connectivity index (χ2n) is 6.32. The molecule has 0 spiro atoms. The molecule has 5 nitrogen and oxygen atoms in total. The predicted octanol–water partition coefficient (Wildman–Crippen LogP) is 1.44. The Hall–Kier alpha value is -0.650. The summed E-state index contributed by atoms with van der Waals surface area (Å²) in [5.74, 6) is -0.870. The van der Waals surface area contributed by atoms with Crippen molar-refractivity contribution in [1.82, 2.24) is 5.32 Å². The molecule has 0 aromatic rings. The van der Waals surface area contributed by atoms with Crippen molar-refractivity contribution >= 4 is 5.91 Å². The molecule has 1 aliphatic heterocycles. The maximum atomic E-state index is 12.2. The molecule has 1 fully saturated rings. The Bertz CT molecular complexity index is 315. The van der Waals surface area contributed by atoms with Gasteiger partial charge in [-0.1, -0.05) is 20.8 Å². The Balaban J connectivity index is 2.53. The lowest BCUT2D eigenvalue weighted by Gasteiger charge is -2.44. The number of hydrogen-bond acceptors (Lipinski definition) is 4. The topological polar surface area (TPSA) is 67.8 Å². The van der Waals surface area contributed by atoms with E-state index in [1.165, 1.54) is 0 Å². The van der Waals surface area contributed by atoms with Crippen molar-refractivity contribution in [3.63, 3.8) is 0 Å². The van der Waals surface area contributed by atoms with Gasteiger partial charge in [-0.05, 0) is 26.7 Å². The minimum absolute atomic E-state index is 0.135. The number of carbonyl (C=O) groups is 1. The molecular formula is C14H27NO4. The van der Waals surface area contributed by atoms with Gasteiger partial charge in [0, 0.05) is 12.0 Å². The zero-order chi connectivity index (χ0) is 14.7. The van der Waals surface area contributed by atoms with E-state index < -0.39 is 11.9 Å². The van der Waals surface area contributed by atoms with Crippen molar-refractivity contribution in [2.75, 3.05) is 13.2 Å². The lowest BCUT2D eigenvalue weighted by Crippen LogP contribution is -2.56. The van der Waals surface area contributed by atoms with Gasteiger partial charge in [0.25, 0.3) is 0 Å². The van der Waals surface area contributed by atoms with E-state index in [0.717, 1.165) is 0 Å². The molecule has 1 aliphatic rings. The monoisotopic (exact) mass is 273 g/mol. The summed E-state index contributed by atoms with van der Waals surface area (Å²) in [5, 5.41) is 12.3. The molecule has 1 saturated heterocycles. The van der Waals surface area contributed by atoms with Crippen LogP contribution in [0.5, 0.6) is 0 Å². The van der Waals surface area contributed by atoms with Crippen LogP contribution in [0, 0.1) is 5.41 Å². The largest absolute Gasteiger partial charge is 0.393 e. The van der Waals surface area contributed by atoms with Gasteiger partial charge in [0.2, 0.25) is 5.91 Å². The number of aliphatic hydroxyl groups is 1. The Morgan fingerprint density at radius 1 is 1.42 bits per heavy atom. The third kappa shape index (κ3) is 4.75. The van der Waals surface area contributed by atoms with E-state index in [4.69, 9.17) is 9.47 Å². The number of carbonyl (C=O) groups excluding carboxylic acids is 1. The predicted molar refractivity (Wildman–Crippen MR) is 72.6 cm³/mol. The molecular weight excluding hydrogens is 246 g/mol. The van der Waals surface area contributed by atoms with Crippen LogP contribution in [0.4, 0.5) is 0 Å². The summed E-state index contributed by atoms with van der Waals surface area (Å²) in [6.07, 6.45) is 0.368.